The van der Waals surface area contributed by atoms with E-state index in [4.69, 9.17) is 0 Å². The van der Waals surface area contributed by atoms with Gasteiger partial charge in [-0.05, 0) is 24.0 Å². The van der Waals surface area contributed by atoms with Crippen molar-refractivity contribution in [3.8, 4) is 0 Å². The second-order valence-electron chi connectivity index (χ2n) is 3.68. The third-order valence-corrected chi connectivity index (χ3v) is 2.84. The summed E-state index contributed by atoms with van der Waals surface area (Å²) in [4.78, 5) is 28.2. The van der Waals surface area contributed by atoms with Crippen molar-refractivity contribution in [1.29, 1.82) is 0 Å². The molecule has 0 N–H and O–H groups in total. The van der Waals surface area contributed by atoms with Gasteiger partial charge in [0, 0.05) is 0 Å². The van der Waals surface area contributed by atoms with Crippen LogP contribution in [0.1, 0.15) is 36.1 Å². The van der Waals surface area contributed by atoms with Gasteiger partial charge in [-0.25, -0.2) is 9.59 Å². The Hall–Kier alpha value is -2.02. The molecule has 0 radical (unpaired) electrons. The molecule has 1 aromatic carbocycles. The number of aliphatic imine (C=N–C) groups is 2. The molecule has 0 amide bonds. The molecule has 1 aliphatic rings. The lowest BCUT2D eigenvalue weighted by Crippen LogP contribution is -2.11. The van der Waals surface area contributed by atoms with Crippen LogP contribution in [-0.4, -0.2) is 12.2 Å². The summed E-state index contributed by atoms with van der Waals surface area (Å²) in [7, 11) is 0. The van der Waals surface area contributed by atoms with E-state index in [1.54, 1.807) is 12.2 Å². The molecule has 1 aromatic rings. The van der Waals surface area contributed by atoms with Crippen molar-refractivity contribution in [2.45, 2.75) is 24.9 Å². The monoisotopic (exact) mass is 214 g/mol. The number of fused-ring (bicyclic) bond motifs is 1. The Kier molecular flexibility index (Phi) is 3.06. The average Bonchev–Trinajstić information content (AvgIpc) is 2.33. The molecule has 0 aromatic heterocycles. The highest BCUT2D eigenvalue weighted by Crippen LogP contribution is 2.39. The zero-order valence-corrected chi connectivity index (χ0v) is 8.59. The van der Waals surface area contributed by atoms with Gasteiger partial charge in [0.25, 0.3) is 0 Å². The van der Waals surface area contributed by atoms with Crippen LogP contribution in [0.3, 0.4) is 0 Å². The van der Waals surface area contributed by atoms with Crippen molar-refractivity contribution in [3.63, 3.8) is 0 Å². The summed E-state index contributed by atoms with van der Waals surface area (Å²) >= 11 is 0. The summed E-state index contributed by atoms with van der Waals surface area (Å²) in [6.07, 6.45) is 4.61. The highest BCUT2D eigenvalue weighted by Gasteiger charge is 2.26. The van der Waals surface area contributed by atoms with Crippen LogP contribution in [0.2, 0.25) is 0 Å². The quantitative estimate of drug-likeness (QED) is 0.560. The molecule has 4 nitrogen and oxygen atoms in total. The molecule has 4 heteroatoms. The molecule has 0 saturated heterocycles. The molecular weight excluding hydrogens is 204 g/mol. The van der Waals surface area contributed by atoms with Crippen LogP contribution >= 0.6 is 0 Å². The number of rotatable bonds is 2. The number of benzene rings is 1. The standard InChI is InChI=1S/C12H10N2O2/c15-7-13-11-5-6-12(14-8-16)10-4-2-1-3-9(10)11/h1-4,11-12H,5-6H2. The maximum atomic E-state index is 10.3. The summed E-state index contributed by atoms with van der Waals surface area (Å²) in [6.45, 7) is 0. The number of hydrogen-bond donors (Lipinski definition) is 0. The van der Waals surface area contributed by atoms with Gasteiger partial charge in [0.2, 0.25) is 12.2 Å². The summed E-state index contributed by atoms with van der Waals surface area (Å²) in [6, 6.07) is 7.30. The molecule has 80 valence electrons. The minimum Gasteiger partial charge on any atom is -0.211 e. The first-order valence-electron chi connectivity index (χ1n) is 5.09. The molecule has 0 fully saturated rings. The first kappa shape index (κ1) is 10.5. The van der Waals surface area contributed by atoms with Crippen molar-refractivity contribution in [2.24, 2.45) is 9.98 Å². The second-order valence-corrected chi connectivity index (χ2v) is 3.68. The topological polar surface area (TPSA) is 58.9 Å². The van der Waals surface area contributed by atoms with Gasteiger partial charge in [-0.3, -0.25) is 0 Å². The van der Waals surface area contributed by atoms with Crippen molar-refractivity contribution in [1.82, 2.24) is 0 Å². The summed E-state index contributed by atoms with van der Waals surface area (Å²) in [5, 5.41) is 0. The van der Waals surface area contributed by atoms with E-state index in [0.29, 0.717) is 12.8 Å². The Morgan fingerprint density at radius 1 is 0.938 bits per heavy atom. The normalized spacial score (nSPS) is 22.5. The van der Waals surface area contributed by atoms with Crippen LogP contribution in [0.15, 0.2) is 34.3 Å². The van der Waals surface area contributed by atoms with Crippen LogP contribution in [0.4, 0.5) is 0 Å². The van der Waals surface area contributed by atoms with E-state index in [2.05, 4.69) is 9.98 Å². The fourth-order valence-corrected chi connectivity index (χ4v) is 2.14. The zero-order chi connectivity index (χ0) is 11.4. The maximum Gasteiger partial charge on any atom is 0.235 e. The lowest BCUT2D eigenvalue weighted by molar-refractivity contribution is 0.490. The summed E-state index contributed by atoms with van der Waals surface area (Å²) in [5.74, 6) is 0. The third-order valence-electron chi connectivity index (χ3n) is 2.84. The number of hydrogen-bond acceptors (Lipinski definition) is 4. The Bertz CT molecular complexity index is 441. The highest BCUT2D eigenvalue weighted by molar-refractivity contribution is 5.42. The minimum atomic E-state index is -0.146. The fraction of sp³-hybridized carbons (Fsp3) is 0.333. The Labute approximate surface area is 92.7 Å². The van der Waals surface area contributed by atoms with Gasteiger partial charge in [0.15, 0.2) is 0 Å². The molecule has 16 heavy (non-hydrogen) atoms. The van der Waals surface area contributed by atoms with Crippen LogP contribution in [0, 0.1) is 0 Å². The van der Waals surface area contributed by atoms with Crippen LogP contribution in [0.5, 0.6) is 0 Å². The third kappa shape index (κ3) is 1.84. The van der Waals surface area contributed by atoms with Crippen molar-refractivity contribution >= 4 is 12.2 Å². The molecule has 0 saturated carbocycles. The lowest BCUT2D eigenvalue weighted by atomic mass is 9.85. The van der Waals surface area contributed by atoms with Gasteiger partial charge in [0.1, 0.15) is 0 Å². The number of carbonyl (C=O) groups excluding carboxylic acids is 2. The average molecular weight is 214 g/mol. The molecule has 0 spiro atoms. The molecule has 0 heterocycles. The second kappa shape index (κ2) is 4.67. The SMILES string of the molecule is O=C=NC1CCC(N=C=O)c2ccccc21. The summed E-state index contributed by atoms with van der Waals surface area (Å²) in [5.41, 5.74) is 1.92. The van der Waals surface area contributed by atoms with Crippen LogP contribution < -0.4 is 0 Å². The van der Waals surface area contributed by atoms with E-state index in [1.165, 1.54) is 0 Å². The van der Waals surface area contributed by atoms with Crippen molar-refractivity contribution in [3.05, 3.63) is 35.4 Å². The number of isocyanates is 2. The maximum absolute atomic E-state index is 10.3. The van der Waals surface area contributed by atoms with Crippen LogP contribution in [-0.2, 0) is 9.59 Å². The molecular formula is C12H10N2O2. The molecule has 2 rings (SSSR count). The Morgan fingerprint density at radius 2 is 1.38 bits per heavy atom. The molecule has 0 bridgehead atoms. The zero-order valence-electron chi connectivity index (χ0n) is 8.59. The number of nitrogens with zero attached hydrogens (tertiary/aromatic N) is 2. The fourth-order valence-electron chi connectivity index (χ4n) is 2.14. The molecule has 1 aliphatic carbocycles. The predicted molar refractivity (Wildman–Crippen MR) is 57.4 cm³/mol. The van der Waals surface area contributed by atoms with E-state index in [0.717, 1.165) is 11.1 Å². The van der Waals surface area contributed by atoms with E-state index < -0.39 is 0 Å². The smallest absolute Gasteiger partial charge is 0.211 e. The van der Waals surface area contributed by atoms with Gasteiger partial charge < -0.3 is 0 Å². The largest absolute Gasteiger partial charge is 0.235 e. The first-order chi connectivity index (χ1) is 7.86. The first-order valence-corrected chi connectivity index (χ1v) is 5.09. The van der Waals surface area contributed by atoms with Crippen LogP contribution in [0.25, 0.3) is 0 Å². The van der Waals surface area contributed by atoms with Gasteiger partial charge in [-0.15, -0.1) is 0 Å². The van der Waals surface area contributed by atoms with Gasteiger partial charge >= 0.3 is 0 Å². The Morgan fingerprint density at radius 3 is 1.75 bits per heavy atom. The van der Waals surface area contributed by atoms with Gasteiger partial charge in [-0.2, -0.15) is 9.98 Å². The lowest BCUT2D eigenvalue weighted by Gasteiger charge is -2.25. The molecule has 0 aliphatic heterocycles. The highest BCUT2D eigenvalue weighted by atomic mass is 16.1. The Balaban J connectivity index is 2.47. The van der Waals surface area contributed by atoms with Gasteiger partial charge in [0.05, 0.1) is 12.1 Å². The minimum absolute atomic E-state index is 0.146. The molecule has 2 unspecified atom stereocenters. The van der Waals surface area contributed by atoms with Crippen molar-refractivity contribution < 1.29 is 9.59 Å². The van der Waals surface area contributed by atoms with E-state index in [-0.39, 0.29) is 12.1 Å². The van der Waals surface area contributed by atoms with E-state index in [9.17, 15) is 9.59 Å². The molecule has 2 atom stereocenters. The van der Waals surface area contributed by atoms with Crippen molar-refractivity contribution in [2.75, 3.05) is 0 Å². The summed E-state index contributed by atoms with van der Waals surface area (Å²) < 4.78 is 0. The van der Waals surface area contributed by atoms with E-state index >= 15 is 0 Å². The predicted octanol–water partition coefficient (Wildman–Crippen LogP) is 2.23. The van der Waals surface area contributed by atoms with E-state index in [1.807, 2.05) is 24.3 Å². The van der Waals surface area contributed by atoms with Gasteiger partial charge in [-0.1, -0.05) is 24.3 Å².